The fraction of sp³-hybridized carbons (Fsp3) is 0.643. The van der Waals surface area contributed by atoms with E-state index in [0.29, 0.717) is 64.5 Å². The molecule has 0 bridgehead atoms. The smallest absolute Gasteiger partial charge is 0.408 e. The van der Waals surface area contributed by atoms with E-state index in [2.05, 4.69) is 43.9 Å². The molecule has 16 nitrogen and oxygen atoms in total. The van der Waals surface area contributed by atoms with Crippen molar-refractivity contribution in [1.82, 2.24) is 21.3 Å². The second-order valence-corrected chi connectivity index (χ2v) is 9.04. The monoisotopic (exact) mass is 630 g/mol. The van der Waals surface area contributed by atoms with Crippen molar-refractivity contribution < 1.29 is 57.2 Å². The molecule has 0 radical (unpaired) electrons. The second-order valence-electron chi connectivity index (χ2n) is 9.04. The highest BCUT2D eigenvalue weighted by Gasteiger charge is 2.22. The highest BCUT2D eigenvalue weighted by molar-refractivity contribution is 5.81. The summed E-state index contributed by atoms with van der Waals surface area (Å²) in [6.45, 7) is 7.77. The van der Waals surface area contributed by atoms with E-state index < -0.39 is 48.4 Å². The number of rotatable bonds is 23. The van der Waals surface area contributed by atoms with Crippen molar-refractivity contribution in [2.75, 3.05) is 53.7 Å². The van der Waals surface area contributed by atoms with E-state index in [1.165, 1.54) is 26.4 Å². The Hall–Kier alpha value is -4.50. The van der Waals surface area contributed by atoms with E-state index in [0.717, 1.165) is 0 Å². The molecule has 0 rings (SSSR count). The molecule has 16 heteroatoms. The van der Waals surface area contributed by atoms with Crippen LogP contribution in [-0.2, 0) is 38.0 Å². The fourth-order valence-corrected chi connectivity index (χ4v) is 3.38. The predicted molar refractivity (Wildman–Crippen MR) is 157 cm³/mol. The molecule has 44 heavy (non-hydrogen) atoms. The van der Waals surface area contributed by atoms with Gasteiger partial charge in [0.25, 0.3) is 0 Å². The standard InChI is InChI=1S/C28H46N4O12/c1-5-17-41-27(37)31-21(23(33)39-3)13-7-9-15-29-25(35)43-19-11-12-20-44-26(36)30-16-10-8-14-22(24(34)40-4)32-28(38)42-18-6-2/h5-6,21-22H,1-2,7-20H2,3-4H3,(H,29,35)(H,30,36)(H,31,37)(H,32,38). The zero-order valence-electron chi connectivity index (χ0n) is 25.5. The van der Waals surface area contributed by atoms with E-state index in [4.69, 9.17) is 18.9 Å². The maximum Gasteiger partial charge on any atom is 0.408 e. The summed E-state index contributed by atoms with van der Waals surface area (Å²) in [4.78, 5) is 70.6. The zero-order valence-corrected chi connectivity index (χ0v) is 25.5. The number of hydrogen-bond acceptors (Lipinski definition) is 12. The van der Waals surface area contributed by atoms with E-state index in [1.54, 1.807) is 0 Å². The third-order valence-electron chi connectivity index (χ3n) is 5.60. The Labute approximate surface area is 257 Å². The summed E-state index contributed by atoms with van der Waals surface area (Å²) in [5.74, 6) is -1.20. The minimum atomic E-state index is -0.872. The maximum atomic E-state index is 11.8. The number of methoxy groups -OCH3 is 2. The highest BCUT2D eigenvalue weighted by atomic mass is 16.6. The van der Waals surface area contributed by atoms with Gasteiger partial charge in [-0.3, -0.25) is 0 Å². The van der Waals surface area contributed by atoms with Gasteiger partial charge in [0.05, 0.1) is 27.4 Å². The summed E-state index contributed by atoms with van der Waals surface area (Å²) in [6.07, 6.45) is 3.72. The largest absolute Gasteiger partial charge is 0.467 e. The molecule has 0 fully saturated rings. The molecule has 2 unspecified atom stereocenters. The van der Waals surface area contributed by atoms with Crippen molar-refractivity contribution in [3.63, 3.8) is 0 Å². The number of esters is 2. The van der Waals surface area contributed by atoms with Crippen LogP contribution in [0.25, 0.3) is 0 Å². The van der Waals surface area contributed by atoms with E-state index >= 15 is 0 Å². The minimum absolute atomic E-state index is 0.00967. The fourth-order valence-electron chi connectivity index (χ4n) is 3.38. The topological polar surface area (TPSA) is 206 Å². The summed E-state index contributed by atoms with van der Waals surface area (Å²) in [5, 5.41) is 10.0. The Morgan fingerprint density at radius 1 is 0.568 bits per heavy atom. The molecular formula is C28H46N4O12. The lowest BCUT2D eigenvalue weighted by molar-refractivity contribution is -0.144. The lowest BCUT2D eigenvalue weighted by Crippen LogP contribution is -2.41. The average Bonchev–Trinajstić information content (AvgIpc) is 3.01. The first-order chi connectivity index (χ1) is 21.2. The average molecular weight is 631 g/mol. The Kier molecular flexibility index (Phi) is 23.5. The molecule has 0 aliphatic rings. The lowest BCUT2D eigenvalue weighted by Gasteiger charge is -2.16. The number of ether oxygens (including phenoxy) is 6. The van der Waals surface area contributed by atoms with E-state index in [-0.39, 0.29) is 26.4 Å². The van der Waals surface area contributed by atoms with E-state index in [9.17, 15) is 28.8 Å². The van der Waals surface area contributed by atoms with Crippen molar-refractivity contribution in [3.8, 4) is 0 Å². The first-order valence-corrected chi connectivity index (χ1v) is 14.2. The van der Waals surface area contributed by atoms with Gasteiger partial charge >= 0.3 is 36.3 Å². The second kappa shape index (κ2) is 26.2. The van der Waals surface area contributed by atoms with Crippen molar-refractivity contribution in [1.29, 1.82) is 0 Å². The van der Waals surface area contributed by atoms with Gasteiger partial charge in [-0.25, -0.2) is 28.8 Å². The quantitative estimate of drug-likeness (QED) is 0.0556. The summed E-state index contributed by atoms with van der Waals surface area (Å²) in [6, 6.07) is -1.74. The molecular weight excluding hydrogens is 584 g/mol. The van der Waals surface area contributed by atoms with Gasteiger partial charge in [0.15, 0.2) is 0 Å². The molecule has 0 aromatic rings. The van der Waals surface area contributed by atoms with Gasteiger partial charge in [-0.05, 0) is 51.4 Å². The maximum absolute atomic E-state index is 11.8. The van der Waals surface area contributed by atoms with Crippen molar-refractivity contribution >= 4 is 36.3 Å². The van der Waals surface area contributed by atoms with Crippen LogP contribution in [0.1, 0.15) is 51.4 Å². The molecule has 0 saturated heterocycles. The van der Waals surface area contributed by atoms with Crippen LogP contribution in [0.4, 0.5) is 19.2 Å². The zero-order chi connectivity index (χ0) is 33.0. The Morgan fingerprint density at radius 3 is 1.30 bits per heavy atom. The molecule has 4 amide bonds. The number of carbonyl (C=O) groups is 6. The van der Waals surface area contributed by atoms with E-state index in [1.807, 2.05) is 0 Å². The molecule has 0 aromatic carbocycles. The molecule has 0 aromatic heterocycles. The summed E-state index contributed by atoms with van der Waals surface area (Å²) in [7, 11) is 2.43. The minimum Gasteiger partial charge on any atom is -0.467 e. The number of carbonyl (C=O) groups excluding carboxylic acids is 6. The van der Waals surface area contributed by atoms with Gasteiger partial charge in [0, 0.05) is 13.1 Å². The molecule has 0 saturated carbocycles. The first kappa shape index (κ1) is 39.5. The van der Waals surface area contributed by atoms with Crippen LogP contribution in [0.3, 0.4) is 0 Å². The molecule has 4 N–H and O–H groups in total. The molecule has 0 spiro atoms. The van der Waals surface area contributed by atoms with Gasteiger partial charge in [0.1, 0.15) is 25.3 Å². The molecule has 250 valence electrons. The van der Waals surface area contributed by atoms with Crippen LogP contribution in [0.15, 0.2) is 25.3 Å². The molecule has 0 aliphatic heterocycles. The van der Waals surface area contributed by atoms with Gasteiger partial charge in [-0.1, -0.05) is 25.3 Å². The van der Waals surface area contributed by atoms with Crippen LogP contribution in [0.2, 0.25) is 0 Å². The van der Waals surface area contributed by atoms with Crippen molar-refractivity contribution in [2.45, 2.75) is 63.5 Å². The summed E-state index contributed by atoms with van der Waals surface area (Å²) in [5.41, 5.74) is 0. The van der Waals surface area contributed by atoms with Crippen molar-refractivity contribution in [2.24, 2.45) is 0 Å². The van der Waals surface area contributed by atoms with Gasteiger partial charge in [0.2, 0.25) is 0 Å². The SMILES string of the molecule is C=CCOC(=O)NC(CCCCNC(=O)OCCCCOC(=O)NCCCCC(NC(=O)OCC=C)C(=O)OC)C(=O)OC. The number of amides is 4. The Balaban J connectivity index is 3.91. The Morgan fingerprint density at radius 2 is 0.955 bits per heavy atom. The summed E-state index contributed by atoms with van der Waals surface area (Å²) >= 11 is 0. The van der Waals surface area contributed by atoms with Crippen LogP contribution in [0.5, 0.6) is 0 Å². The van der Waals surface area contributed by atoms with Crippen LogP contribution in [-0.4, -0.2) is 102 Å². The third kappa shape index (κ3) is 21.2. The normalized spacial score (nSPS) is 11.4. The first-order valence-electron chi connectivity index (χ1n) is 14.2. The van der Waals surface area contributed by atoms with Crippen LogP contribution in [0, 0.1) is 0 Å². The lowest BCUT2D eigenvalue weighted by atomic mass is 10.1. The molecule has 0 heterocycles. The predicted octanol–water partition coefficient (Wildman–Crippen LogP) is 2.47. The van der Waals surface area contributed by atoms with Gasteiger partial charge in [-0.15, -0.1) is 0 Å². The Bertz CT molecular complexity index is 843. The molecule has 2 atom stereocenters. The van der Waals surface area contributed by atoms with Crippen molar-refractivity contribution in [3.05, 3.63) is 25.3 Å². The van der Waals surface area contributed by atoms with Gasteiger partial charge in [-0.2, -0.15) is 0 Å². The third-order valence-corrected chi connectivity index (χ3v) is 5.60. The molecule has 0 aliphatic carbocycles. The number of nitrogens with one attached hydrogen (secondary N) is 4. The number of hydrogen-bond donors (Lipinski definition) is 4. The highest BCUT2D eigenvalue weighted by Crippen LogP contribution is 2.05. The number of unbranched alkanes of at least 4 members (excludes halogenated alkanes) is 3. The van der Waals surface area contributed by atoms with Gasteiger partial charge < -0.3 is 49.7 Å². The summed E-state index contributed by atoms with van der Waals surface area (Å²) < 4.78 is 29.1. The van der Waals surface area contributed by atoms with Crippen LogP contribution >= 0.6 is 0 Å². The van der Waals surface area contributed by atoms with Crippen LogP contribution < -0.4 is 21.3 Å². The number of alkyl carbamates (subject to hydrolysis) is 4.